The van der Waals surface area contributed by atoms with Crippen molar-refractivity contribution >= 4 is 0 Å². The average molecular weight is 235 g/mol. The molecule has 7 nitrogen and oxygen atoms in total. The van der Waals surface area contributed by atoms with Crippen LogP contribution in [0.1, 0.15) is 0 Å². The summed E-state index contributed by atoms with van der Waals surface area (Å²) >= 11 is 0. The van der Waals surface area contributed by atoms with Crippen molar-refractivity contribution in [3.8, 4) is 0 Å². The molecule has 1 aliphatic heterocycles. The van der Waals surface area contributed by atoms with Gasteiger partial charge in [-0.1, -0.05) is 0 Å². The predicted octanol–water partition coefficient (Wildman–Crippen LogP) is -2.55. The third-order valence-corrected chi connectivity index (χ3v) is 2.48. The van der Waals surface area contributed by atoms with Crippen molar-refractivity contribution in [2.24, 2.45) is 0 Å². The van der Waals surface area contributed by atoms with E-state index in [2.05, 4.69) is 5.32 Å². The first-order valence-electron chi connectivity index (χ1n) is 4.95. The van der Waals surface area contributed by atoms with E-state index in [0.717, 1.165) is 6.26 Å². The van der Waals surface area contributed by atoms with E-state index in [9.17, 15) is 15.3 Å². The topological polar surface area (TPSA) is 122 Å². The van der Waals surface area contributed by atoms with Gasteiger partial charge in [0.25, 0.3) is 0 Å². The summed E-state index contributed by atoms with van der Waals surface area (Å²) in [4.78, 5) is 0. The van der Waals surface area contributed by atoms with Crippen molar-refractivity contribution in [3.63, 3.8) is 0 Å². The molecule has 1 unspecified atom stereocenters. The maximum atomic E-state index is 9.66. The molecule has 7 heteroatoms. The highest BCUT2D eigenvalue weighted by Gasteiger charge is 2.43. The number of nitrogens with one attached hydrogen (secondary N) is 1. The van der Waals surface area contributed by atoms with Crippen LogP contribution in [0.5, 0.6) is 0 Å². The van der Waals surface area contributed by atoms with Gasteiger partial charge in [-0.2, -0.15) is 0 Å². The van der Waals surface area contributed by atoms with Crippen LogP contribution >= 0.6 is 0 Å². The molecule has 0 spiro atoms. The van der Waals surface area contributed by atoms with Gasteiger partial charge >= 0.3 is 0 Å². The lowest BCUT2D eigenvalue weighted by molar-refractivity contribution is -0.254. The molecule has 5 atom stereocenters. The summed E-state index contributed by atoms with van der Waals surface area (Å²) in [6, 6.07) is -0.881. The molecule has 1 rings (SSSR count). The van der Waals surface area contributed by atoms with Gasteiger partial charge in [-0.3, -0.25) is 0 Å². The molecule has 0 saturated carbocycles. The van der Waals surface area contributed by atoms with Gasteiger partial charge in [-0.15, -0.1) is 0 Å². The Morgan fingerprint density at radius 1 is 1.19 bits per heavy atom. The van der Waals surface area contributed by atoms with Gasteiger partial charge < -0.3 is 35.6 Å². The minimum atomic E-state index is -1.33. The van der Waals surface area contributed by atoms with Crippen LogP contribution in [-0.4, -0.2) is 69.3 Å². The molecule has 0 aromatic rings. The van der Waals surface area contributed by atoms with E-state index in [-0.39, 0.29) is 6.54 Å². The zero-order chi connectivity index (χ0) is 12.1. The number of ether oxygens (including phenoxy) is 1. The third-order valence-electron chi connectivity index (χ3n) is 2.48. The number of hydrogen-bond acceptors (Lipinski definition) is 7. The number of aliphatic hydroxyl groups excluding tert-OH is 5. The molecule has 1 heterocycles. The van der Waals surface area contributed by atoms with Gasteiger partial charge in [-0.25, -0.2) is 0 Å². The lowest BCUT2D eigenvalue weighted by Gasteiger charge is -2.40. The summed E-state index contributed by atoms with van der Waals surface area (Å²) in [6.07, 6.45) is -2.68. The number of rotatable bonds is 4. The van der Waals surface area contributed by atoms with Gasteiger partial charge in [-0.05, 0) is 6.08 Å². The molecule has 0 aliphatic carbocycles. The molecule has 1 fully saturated rings. The van der Waals surface area contributed by atoms with Crippen molar-refractivity contribution in [2.75, 3.05) is 13.2 Å². The Balaban J connectivity index is 2.57. The first-order chi connectivity index (χ1) is 7.61. The van der Waals surface area contributed by atoms with Crippen LogP contribution in [0, 0.1) is 0 Å². The van der Waals surface area contributed by atoms with Gasteiger partial charge in [0.15, 0.2) is 6.29 Å². The van der Waals surface area contributed by atoms with E-state index in [1.165, 1.54) is 6.08 Å². The van der Waals surface area contributed by atoms with Crippen molar-refractivity contribution in [1.29, 1.82) is 0 Å². The summed E-state index contributed by atoms with van der Waals surface area (Å²) in [5, 5.41) is 48.6. The Kier molecular flexibility index (Phi) is 5.13. The predicted molar refractivity (Wildman–Crippen MR) is 53.5 cm³/mol. The van der Waals surface area contributed by atoms with Gasteiger partial charge in [0.05, 0.1) is 18.9 Å². The lowest BCUT2D eigenvalue weighted by atomic mass is 9.97. The Bertz CT molecular complexity index is 236. The smallest absolute Gasteiger partial charge is 0.173 e. The Morgan fingerprint density at radius 2 is 1.88 bits per heavy atom. The zero-order valence-corrected chi connectivity index (χ0v) is 8.60. The average Bonchev–Trinajstić information content (AvgIpc) is 2.28. The lowest BCUT2D eigenvalue weighted by Crippen LogP contribution is -2.63. The van der Waals surface area contributed by atoms with E-state index >= 15 is 0 Å². The number of aliphatic hydroxyl groups is 5. The summed E-state index contributed by atoms with van der Waals surface area (Å²) in [6.45, 7) is -0.284. The first-order valence-corrected chi connectivity index (χ1v) is 4.95. The molecule has 0 radical (unpaired) electrons. The van der Waals surface area contributed by atoms with E-state index in [1.807, 2.05) is 0 Å². The summed E-state index contributed by atoms with van der Waals surface area (Å²) < 4.78 is 4.91. The number of hydrogen-bond donors (Lipinski definition) is 6. The Labute approximate surface area is 92.6 Å². The van der Waals surface area contributed by atoms with Crippen molar-refractivity contribution in [1.82, 2.24) is 5.32 Å². The minimum absolute atomic E-state index is 0.204. The zero-order valence-electron chi connectivity index (χ0n) is 8.60. The van der Waals surface area contributed by atoms with Crippen LogP contribution in [0.2, 0.25) is 0 Å². The molecule has 0 aromatic heterocycles. The van der Waals surface area contributed by atoms with Gasteiger partial charge in [0, 0.05) is 6.54 Å². The Hall–Kier alpha value is -0.700. The molecule has 94 valence electrons. The Morgan fingerprint density at radius 3 is 2.44 bits per heavy atom. The highest BCUT2D eigenvalue weighted by molar-refractivity contribution is 4.93. The molecule has 1 aliphatic rings. The van der Waals surface area contributed by atoms with Crippen LogP contribution in [0.25, 0.3) is 0 Å². The van der Waals surface area contributed by atoms with Crippen LogP contribution in [0.15, 0.2) is 12.3 Å². The molecule has 0 bridgehead atoms. The van der Waals surface area contributed by atoms with Crippen LogP contribution in [0.4, 0.5) is 0 Å². The second-order valence-corrected chi connectivity index (χ2v) is 3.55. The molecular formula is C9H17NO6. The van der Waals surface area contributed by atoms with E-state index in [4.69, 9.17) is 14.9 Å². The molecule has 6 N–H and O–H groups in total. The normalized spacial score (nSPS) is 40.4. The summed E-state index contributed by atoms with van der Waals surface area (Å²) in [5.74, 6) is 0. The third kappa shape index (κ3) is 2.91. The molecular weight excluding hydrogens is 218 g/mol. The SMILES string of the molecule is OC=CCN[C@H]1C(O)O[C@H](CO)[C@@H](O)[C@@H]1O. The quantitative estimate of drug-likeness (QED) is 0.296. The highest BCUT2D eigenvalue weighted by atomic mass is 16.6. The fourth-order valence-electron chi connectivity index (χ4n) is 1.57. The van der Waals surface area contributed by atoms with E-state index < -0.39 is 37.3 Å². The van der Waals surface area contributed by atoms with Crippen LogP contribution < -0.4 is 5.32 Å². The van der Waals surface area contributed by atoms with Gasteiger partial charge in [0.2, 0.25) is 0 Å². The van der Waals surface area contributed by atoms with Crippen LogP contribution in [-0.2, 0) is 4.74 Å². The maximum absolute atomic E-state index is 9.66. The highest BCUT2D eigenvalue weighted by Crippen LogP contribution is 2.19. The maximum Gasteiger partial charge on any atom is 0.173 e. The minimum Gasteiger partial charge on any atom is -0.516 e. The van der Waals surface area contributed by atoms with Gasteiger partial charge in [0.1, 0.15) is 18.3 Å². The molecule has 1 saturated heterocycles. The van der Waals surface area contributed by atoms with Crippen molar-refractivity contribution in [2.45, 2.75) is 30.6 Å². The monoisotopic (exact) mass is 235 g/mol. The standard InChI is InChI=1S/C9H17NO6/c11-3-1-2-10-6-8(14)7(13)5(4-12)16-9(6)15/h1,3,5-15H,2,4H2/t5-,6-,7-,8-,9?/m1/s1. The molecule has 0 amide bonds. The van der Waals surface area contributed by atoms with Crippen molar-refractivity contribution < 1.29 is 30.3 Å². The first kappa shape index (κ1) is 13.4. The second-order valence-electron chi connectivity index (χ2n) is 3.55. The largest absolute Gasteiger partial charge is 0.516 e. The second kappa shape index (κ2) is 6.14. The summed E-state index contributed by atoms with van der Waals surface area (Å²) in [5.41, 5.74) is 0. The molecule has 0 aromatic carbocycles. The molecule has 16 heavy (non-hydrogen) atoms. The van der Waals surface area contributed by atoms with E-state index in [0.29, 0.717) is 0 Å². The van der Waals surface area contributed by atoms with E-state index in [1.54, 1.807) is 0 Å². The van der Waals surface area contributed by atoms with Crippen molar-refractivity contribution in [3.05, 3.63) is 12.3 Å². The van der Waals surface area contributed by atoms with Crippen LogP contribution in [0.3, 0.4) is 0 Å². The summed E-state index contributed by atoms with van der Waals surface area (Å²) in [7, 11) is 0. The fourth-order valence-corrected chi connectivity index (χ4v) is 1.57. The fraction of sp³-hybridized carbons (Fsp3) is 0.778.